The number of ether oxygens (including phenoxy) is 1. The molecule has 0 bridgehead atoms. The molecule has 0 heterocycles. The van der Waals surface area contributed by atoms with Crippen molar-refractivity contribution in [1.82, 2.24) is 15.5 Å². The van der Waals surface area contributed by atoms with Crippen molar-refractivity contribution in [2.45, 2.75) is 6.42 Å². The van der Waals surface area contributed by atoms with Gasteiger partial charge in [-0.05, 0) is 31.2 Å². The molecule has 0 aromatic heterocycles. The number of hydrogen-bond acceptors (Lipinski definition) is 3. The molecule has 0 unspecified atom stereocenters. The van der Waals surface area contributed by atoms with Gasteiger partial charge in [0.05, 0.1) is 6.61 Å². The molecule has 1 aromatic carbocycles. The van der Waals surface area contributed by atoms with Gasteiger partial charge >= 0.3 is 0 Å². The lowest BCUT2D eigenvalue weighted by Gasteiger charge is -2.17. The summed E-state index contributed by atoms with van der Waals surface area (Å²) < 4.78 is 18.1. The molecule has 0 radical (unpaired) electrons. The fourth-order valence-electron chi connectivity index (χ4n) is 1.96. The molecule has 0 aliphatic heterocycles. The van der Waals surface area contributed by atoms with Crippen molar-refractivity contribution < 1.29 is 9.13 Å². The van der Waals surface area contributed by atoms with Gasteiger partial charge in [-0.25, -0.2) is 4.39 Å². The normalized spacial score (nSPS) is 11.3. The Bertz CT molecular complexity index is 459. The number of nitrogens with zero attached hydrogens (tertiary/aromatic N) is 2. The quantitative estimate of drug-likeness (QED) is 0.351. The summed E-state index contributed by atoms with van der Waals surface area (Å²) in [5.74, 6) is 0.565. The molecule has 0 aliphatic rings. The maximum absolute atomic E-state index is 13.1. The fraction of sp³-hybridized carbons (Fsp3) is 0.562. The highest BCUT2D eigenvalue weighted by molar-refractivity contribution is 14.0. The number of rotatable bonds is 9. The van der Waals surface area contributed by atoms with Crippen LogP contribution in [0.1, 0.15) is 5.56 Å². The lowest BCUT2D eigenvalue weighted by Crippen LogP contribution is -2.42. The minimum absolute atomic E-state index is 0. The number of methoxy groups -OCH3 is 1. The molecule has 5 nitrogen and oxygen atoms in total. The van der Waals surface area contributed by atoms with E-state index in [-0.39, 0.29) is 29.8 Å². The number of hydrogen-bond donors (Lipinski definition) is 2. The second kappa shape index (κ2) is 13.5. The van der Waals surface area contributed by atoms with Crippen molar-refractivity contribution in [3.8, 4) is 0 Å². The predicted molar refractivity (Wildman–Crippen MR) is 104 cm³/mol. The first-order chi connectivity index (χ1) is 10.7. The van der Waals surface area contributed by atoms with E-state index in [1.165, 1.54) is 6.07 Å². The van der Waals surface area contributed by atoms with Crippen molar-refractivity contribution >= 4 is 29.9 Å². The number of aliphatic imine (C=N–C) groups is 1. The van der Waals surface area contributed by atoms with Gasteiger partial charge in [0.25, 0.3) is 0 Å². The number of benzene rings is 1. The molecular weight excluding hydrogens is 410 g/mol. The van der Waals surface area contributed by atoms with Crippen LogP contribution in [-0.4, -0.2) is 64.9 Å². The van der Waals surface area contributed by atoms with Crippen LogP contribution in [0.15, 0.2) is 29.3 Å². The first-order valence-electron chi connectivity index (χ1n) is 7.52. The number of halogens is 2. The SMILES string of the molecule is CN=C(NCCc1cccc(F)c1)NCCN(C)CCOC.I. The van der Waals surface area contributed by atoms with Gasteiger partial charge in [-0.3, -0.25) is 4.99 Å². The van der Waals surface area contributed by atoms with Crippen LogP contribution < -0.4 is 10.6 Å². The van der Waals surface area contributed by atoms with Gasteiger partial charge in [0, 0.05) is 40.3 Å². The molecule has 0 aliphatic carbocycles. The third-order valence-corrected chi connectivity index (χ3v) is 3.28. The van der Waals surface area contributed by atoms with Crippen LogP contribution in [0.5, 0.6) is 0 Å². The molecule has 23 heavy (non-hydrogen) atoms. The van der Waals surface area contributed by atoms with Gasteiger partial charge in [-0.15, -0.1) is 24.0 Å². The summed E-state index contributed by atoms with van der Waals surface area (Å²) in [6, 6.07) is 6.67. The van der Waals surface area contributed by atoms with Gasteiger partial charge in [0.2, 0.25) is 0 Å². The summed E-state index contributed by atoms with van der Waals surface area (Å²) in [6.07, 6.45) is 0.756. The van der Waals surface area contributed by atoms with Crippen LogP contribution in [0.3, 0.4) is 0 Å². The zero-order valence-corrected chi connectivity index (χ0v) is 16.5. The standard InChI is InChI=1S/C16H27FN4O.HI/c1-18-16(20-9-10-21(2)11-12-22-3)19-8-7-14-5-4-6-15(17)13-14;/h4-6,13H,7-12H2,1-3H3,(H2,18,19,20);1H. The lowest BCUT2D eigenvalue weighted by molar-refractivity contribution is 0.162. The first-order valence-corrected chi connectivity index (χ1v) is 7.52. The lowest BCUT2D eigenvalue weighted by atomic mass is 10.1. The number of nitrogens with one attached hydrogen (secondary N) is 2. The minimum atomic E-state index is -0.195. The minimum Gasteiger partial charge on any atom is -0.383 e. The van der Waals surface area contributed by atoms with E-state index in [1.54, 1.807) is 26.3 Å². The molecule has 0 saturated carbocycles. The van der Waals surface area contributed by atoms with Crippen molar-refractivity contribution in [1.29, 1.82) is 0 Å². The second-order valence-electron chi connectivity index (χ2n) is 5.10. The summed E-state index contributed by atoms with van der Waals surface area (Å²) >= 11 is 0. The molecular formula is C16H28FIN4O. The Balaban J connectivity index is 0.00000484. The van der Waals surface area contributed by atoms with Gasteiger partial charge in [-0.2, -0.15) is 0 Å². The molecule has 7 heteroatoms. The molecule has 0 spiro atoms. The molecule has 0 saturated heterocycles. The average molecular weight is 438 g/mol. The monoisotopic (exact) mass is 438 g/mol. The van der Waals surface area contributed by atoms with E-state index in [9.17, 15) is 4.39 Å². The summed E-state index contributed by atoms with van der Waals surface area (Å²) in [4.78, 5) is 6.36. The van der Waals surface area contributed by atoms with Crippen LogP contribution in [0.2, 0.25) is 0 Å². The summed E-state index contributed by atoms with van der Waals surface area (Å²) in [7, 11) is 5.50. The third kappa shape index (κ3) is 10.5. The second-order valence-corrected chi connectivity index (χ2v) is 5.10. The van der Waals surface area contributed by atoms with E-state index in [2.05, 4.69) is 27.6 Å². The third-order valence-electron chi connectivity index (χ3n) is 3.28. The summed E-state index contributed by atoms with van der Waals surface area (Å²) in [5.41, 5.74) is 0.974. The molecule has 0 atom stereocenters. The highest BCUT2D eigenvalue weighted by Gasteiger charge is 2.01. The van der Waals surface area contributed by atoms with E-state index in [4.69, 9.17) is 4.74 Å². The van der Waals surface area contributed by atoms with Gasteiger partial charge in [0.1, 0.15) is 5.82 Å². The Morgan fingerprint density at radius 1 is 1.26 bits per heavy atom. The van der Waals surface area contributed by atoms with Crippen LogP contribution in [-0.2, 0) is 11.2 Å². The van der Waals surface area contributed by atoms with E-state index in [1.807, 2.05) is 6.07 Å². The highest BCUT2D eigenvalue weighted by Crippen LogP contribution is 2.03. The first kappa shape index (κ1) is 22.1. The van der Waals surface area contributed by atoms with Gasteiger partial charge < -0.3 is 20.3 Å². The molecule has 1 rings (SSSR count). The molecule has 0 amide bonds. The van der Waals surface area contributed by atoms with Crippen molar-refractivity contribution in [3.63, 3.8) is 0 Å². The largest absolute Gasteiger partial charge is 0.383 e. The Morgan fingerprint density at radius 2 is 2.00 bits per heavy atom. The maximum atomic E-state index is 13.1. The Hall–Kier alpha value is -0.930. The Labute approximate surface area is 155 Å². The van der Waals surface area contributed by atoms with Gasteiger partial charge in [0.15, 0.2) is 5.96 Å². The topological polar surface area (TPSA) is 48.9 Å². The van der Waals surface area contributed by atoms with Crippen LogP contribution >= 0.6 is 24.0 Å². The van der Waals surface area contributed by atoms with Crippen molar-refractivity contribution in [3.05, 3.63) is 35.6 Å². The van der Waals surface area contributed by atoms with E-state index < -0.39 is 0 Å². The molecule has 1 aromatic rings. The number of likely N-dealkylation sites (N-methyl/N-ethyl adjacent to an activating group) is 1. The molecule has 132 valence electrons. The summed E-state index contributed by atoms with van der Waals surface area (Å²) in [5, 5.41) is 6.48. The Kier molecular flexibility index (Phi) is 13.0. The summed E-state index contributed by atoms with van der Waals surface area (Å²) in [6.45, 7) is 4.07. The van der Waals surface area contributed by atoms with Crippen LogP contribution in [0, 0.1) is 5.82 Å². The van der Waals surface area contributed by atoms with Crippen molar-refractivity contribution in [2.24, 2.45) is 4.99 Å². The zero-order valence-electron chi connectivity index (χ0n) is 14.1. The predicted octanol–water partition coefficient (Wildman–Crippen LogP) is 1.73. The van der Waals surface area contributed by atoms with Crippen molar-refractivity contribution in [2.75, 3.05) is 54.0 Å². The number of guanidine groups is 1. The molecule has 0 fully saturated rings. The van der Waals surface area contributed by atoms with E-state index in [0.717, 1.165) is 44.2 Å². The van der Waals surface area contributed by atoms with Gasteiger partial charge in [-0.1, -0.05) is 12.1 Å². The molecule has 2 N–H and O–H groups in total. The zero-order chi connectivity index (χ0) is 16.2. The highest BCUT2D eigenvalue weighted by atomic mass is 127. The van der Waals surface area contributed by atoms with E-state index in [0.29, 0.717) is 6.54 Å². The van der Waals surface area contributed by atoms with Crippen LogP contribution in [0.4, 0.5) is 4.39 Å². The Morgan fingerprint density at radius 3 is 2.65 bits per heavy atom. The fourth-order valence-corrected chi connectivity index (χ4v) is 1.96. The smallest absolute Gasteiger partial charge is 0.191 e. The average Bonchev–Trinajstić information content (AvgIpc) is 2.51. The van der Waals surface area contributed by atoms with Crippen LogP contribution in [0.25, 0.3) is 0 Å². The van der Waals surface area contributed by atoms with E-state index >= 15 is 0 Å². The maximum Gasteiger partial charge on any atom is 0.191 e.